The lowest BCUT2D eigenvalue weighted by Gasteiger charge is -2.40. The molecule has 114 valence electrons. The summed E-state index contributed by atoms with van der Waals surface area (Å²) >= 11 is 0. The van der Waals surface area contributed by atoms with E-state index in [1.54, 1.807) is 0 Å². The molecule has 0 aromatic heterocycles. The van der Waals surface area contributed by atoms with Crippen LogP contribution in [0.2, 0.25) is 0 Å². The molecule has 0 radical (unpaired) electrons. The first-order valence-electron chi connectivity index (χ1n) is 7.88. The molecule has 0 spiro atoms. The summed E-state index contributed by atoms with van der Waals surface area (Å²) in [6, 6.07) is 0.734. The van der Waals surface area contributed by atoms with Crippen LogP contribution >= 0.6 is 0 Å². The first-order valence-corrected chi connectivity index (χ1v) is 7.88. The third-order valence-electron chi connectivity index (χ3n) is 4.90. The van der Waals surface area contributed by atoms with Gasteiger partial charge in [-0.05, 0) is 64.6 Å². The van der Waals surface area contributed by atoms with Gasteiger partial charge in [-0.2, -0.15) is 0 Å². The van der Waals surface area contributed by atoms with Gasteiger partial charge in [0.1, 0.15) is 0 Å². The van der Waals surface area contributed by atoms with Crippen molar-refractivity contribution in [1.29, 1.82) is 0 Å². The Kier molecular flexibility index (Phi) is 6.28. The fourth-order valence-electron chi connectivity index (χ4n) is 3.08. The van der Waals surface area contributed by atoms with Gasteiger partial charge >= 0.3 is 0 Å². The quantitative estimate of drug-likeness (QED) is 0.746. The summed E-state index contributed by atoms with van der Waals surface area (Å²) < 4.78 is 0. The Morgan fingerprint density at radius 1 is 1.32 bits per heavy atom. The molecule has 3 heteroatoms. The van der Waals surface area contributed by atoms with E-state index in [0.29, 0.717) is 5.41 Å². The topological polar surface area (TPSA) is 35.5 Å². The zero-order valence-corrected chi connectivity index (χ0v) is 13.6. The van der Waals surface area contributed by atoms with E-state index in [2.05, 4.69) is 45.0 Å². The first-order chi connectivity index (χ1) is 8.82. The summed E-state index contributed by atoms with van der Waals surface area (Å²) in [7, 11) is 2.24. The predicted molar refractivity (Wildman–Crippen MR) is 82.5 cm³/mol. The maximum Gasteiger partial charge on any atom is 0.0611 e. The van der Waals surface area contributed by atoms with Gasteiger partial charge in [0.05, 0.1) is 6.61 Å². The van der Waals surface area contributed by atoms with E-state index in [-0.39, 0.29) is 12.1 Å². The van der Waals surface area contributed by atoms with Gasteiger partial charge in [0, 0.05) is 11.6 Å². The van der Waals surface area contributed by atoms with Crippen LogP contribution in [-0.2, 0) is 0 Å². The lowest BCUT2D eigenvalue weighted by molar-refractivity contribution is 0.105. The van der Waals surface area contributed by atoms with Crippen LogP contribution in [0.25, 0.3) is 0 Å². The van der Waals surface area contributed by atoms with E-state index in [1.165, 1.54) is 25.7 Å². The third kappa shape index (κ3) is 5.41. The van der Waals surface area contributed by atoms with Gasteiger partial charge in [-0.25, -0.2) is 0 Å². The van der Waals surface area contributed by atoms with Gasteiger partial charge in [0.15, 0.2) is 0 Å². The molecule has 1 atom stereocenters. The predicted octanol–water partition coefficient (Wildman–Crippen LogP) is 2.64. The molecule has 0 aromatic carbocycles. The Balaban J connectivity index is 2.37. The second kappa shape index (κ2) is 7.05. The van der Waals surface area contributed by atoms with Crippen LogP contribution in [-0.4, -0.2) is 48.3 Å². The highest BCUT2D eigenvalue weighted by atomic mass is 16.3. The minimum atomic E-state index is -0.128. The third-order valence-corrected chi connectivity index (χ3v) is 4.90. The zero-order valence-electron chi connectivity index (χ0n) is 13.6. The van der Waals surface area contributed by atoms with Gasteiger partial charge in [0.25, 0.3) is 0 Å². The molecule has 2 N–H and O–H groups in total. The van der Waals surface area contributed by atoms with Crippen LogP contribution in [0.1, 0.15) is 59.8 Å². The van der Waals surface area contributed by atoms with Gasteiger partial charge in [0.2, 0.25) is 0 Å². The van der Waals surface area contributed by atoms with Crippen LogP contribution in [0.3, 0.4) is 0 Å². The van der Waals surface area contributed by atoms with Crippen LogP contribution in [0, 0.1) is 5.41 Å². The van der Waals surface area contributed by atoms with Crippen molar-refractivity contribution in [3.63, 3.8) is 0 Å². The average molecular weight is 270 g/mol. The Bertz CT molecular complexity index is 257. The van der Waals surface area contributed by atoms with Gasteiger partial charge in [-0.15, -0.1) is 0 Å². The largest absolute Gasteiger partial charge is 0.394 e. The van der Waals surface area contributed by atoms with Gasteiger partial charge in [-0.1, -0.05) is 20.8 Å². The molecule has 3 nitrogen and oxygen atoms in total. The maximum atomic E-state index is 9.53. The molecule has 0 heterocycles. The highest BCUT2D eigenvalue weighted by molar-refractivity contribution is 4.86. The number of aliphatic hydroxyl groups is 1. The van der Waals surface area contributed by atoms with Crippen molar-refractivity contribution in [2.75, 3.05) is 26.7 Å². The Labute approximate surface area is 119 Å². The minimum absolute atomic E-state index is 0.128. The molecule has 1 fully saturated rings. The molecule has 1 aliphatic carbocycles. The summed E-state index contributed by atoms with van der Waals surface area (Å²) in [6.45, 7) is 11.2. The number of likely N-dealkylation sites (N-methyl/N-ethyl adjacent to an activating group) is 1. The molecule has 1 rings (SSSR count). The Hall–Kier alpha value is -0.120. The van der Waals surface area contributed by atoms with Crippen LogP contribution in [0.5, 0.6) is 0 Å². The molecule has 0 aromatic rings. The molecule has 0 bridgehead atoms. The normalized spacial score (nSPS) is 23.5. The summed E-state index contributed by atoms with van der Waals surface area (Å²) in [4.78, 5) is 2.50. The second-order valence-electron chi connectivity index (χ2n) is 7.38. The lowest BCUT2D eigenvalue weighted by atomic mass is 9.75. The molecular weight excluding hydrogens is 236 g/mol. The van der Waals surface area contributed by atoms with Gasteiger partial charge in [-0.3, -0.25) is 0 Å². The fourth-order valence-corrected chi connectivity index (χ4v) is 3.08. The maximum absolute atomic E-state index is 9.53. The number of nitrogens with one attached hydrogen (secondary N) is 1. The van der Waals surface area contributed by atoms with Gasteiger partial charge < -0.3 is 15.3 Å². The molecule has 1 unspecified atom stereocenters. The van der Waals surface area contributed by atoms with Crippen molar-refractivity contribution in [3.8, 4) is 0 Å². The van der Waals surface area contributed by atoms with E-state index in [1.807, 2.05) is 0 Å². The number of hydrogen-bond acceptors (Lipinski definition) is 3. The number of nitrogens with zero attached hydrogens (tertiary/aromatic N) is 1. The number of hydrogen-bond donors (Lipinski definition) is 2. The Morgan fingerprint density at radius 3 is 2.37 bits per heavy atom. The smallest absolute Gasteiger partial charge is 0.0611 e. The van der Waals surface area contributed by atoms with Crippen LogP contribution < -0.4 is 5.32 Å². The van der Waals surface area contributed by atoms with Crippen LogP contribution in [0.4, 0.5) is 0 Å². The molecule has 1 aliphatic rings. The van der Waals surface area contributed by atoms with E-state index in [0.717, 1.165) is 25.6 Å². The minimum Gasteiger partial charge on any atom is -0.394 e. The van der Waals surface area contributed by atoms with E-state index < -0.39 is 0 Å². The van der Waals surface area contributed by atoms with E-state index in [9.17, 15) is 5.11 Å². The highest BCUT2D eigenvalue weighted by Gasteiger charge is 2.30. The standard InChI is InChI=1S/C16H34N2O/c1-6-17-16(4,13-19)11-12-18(5)14-7-9-15(2,3)10-8-14/h14,17,19H,6-13H2,1-5H3. The number of aliphatic hydroxyl groups excluding tert-OH is 1. The summed E-state index contributed by atoms with van der Waals surface area (Å²) in [5, 5.41) is 12.9. The van der Waals surface area contributed by atoms with Crippen molar-refractivity contribution in [3.05, 3.63) is 0 Å². The molecule has 19 heavy (non-hydrogen) atoms. The van der Waals surface area contributed by atoms with Crippen molar-refractivity contribution in [1.82, 2.24) is 10.2 Å². The summed E-state index contributed by atoms with van der Waals surface area (Å²) in [5.74, 6) is 0. The number of rotatable bonds is 7. The lowest BCUT2D eigenvalue weighted by Crippen LogP contribution is -2.48. The van der Waals surface area contributed by atoms with Crippen molar-refractivity contribution >= 4 is 0 Å². The Morgan fingerprint density at radius 2 is 1.89 bits per heavy atom. The molecule has 0 saturated heterocycles. The fraction of sp³-hybridized carbons (Fsp3) is 1.00. The average Bonchev–Trinajstić information content (AvgIpc) is 2.36. The SMILES string of the molecule is CCNC(C)(CO)CCN(C)C1CCC(C)(C)CC1. The molecule has 0 amide bonds. The second-order valence-corrected chi connectivity index (χ2v) is 7.38. The van der Waals surface area contributed by atoms with Crippen molar-refractivity contribution in [2.24, 2.45) is 5.41 Å². The molecule has 1 saturated carbocycles. The first kappa shape index (κ1) is 16.9. The van der Waals surface area contributed by atoms with E-state index >= 15 is 0 Å². The highest BCUT2D eigenvalue weighted by Crippen LogP contribution is 2.36. The van der Waals surface area contributed by atoms with Crippen molar-refractivity contribution < 1.29 is 5.11 Å². The van der Waals surface area contributed by atoms with E-state index in [4.69, 9.17) is 0 Å². The molecule has 0 aliphatic heterocycles. The molecular formula is C16H34N2O. The monoisotopic (exact) mass is 270 g/mol. The van der Waals surface area contributed by atoms with Crippen LogP contribution in [0.15, 0.2) is 0 Å². The summed E-state index contributed by atoms with van der Waals surface area (Å²) in [5.41, 5.74) is 0.414. The zero-order chi connectivity index (χ0) is 14.5. The summed E-state index contributed by atoms with van der Waals surface area (Å²) in [6.07, 6.45) is 6.33. The van der Waals surface area contributed by atoms with Crippen molar-refractivity contribution in [2.45, 2.75) is 71.4 Å².